The van der Waals surface area contributed by atoms with Gasteiger partial charge in [-0.15, -0.1) is 0 Å². The van der Waals surface area contributed by atoms with E-state index in [9.17, 15) is 9.59 Å². The summed E-state index contributed by atoms with van der Waals surface area (Å²) in [5.74, 6) is 2.02. The number of rotatable bonds is 7. The lowest BCUT2D eigenvalue weighted by Crippen LogP contribution is -2.39. The summed E-state index contributed by atoms with van der Waals surface area (Å²) in [7, 11) is 3.39. The summed E-state index contributed by atoms with van der Waals surface area (Å²) in [6, 6.07) is 7.87. The molecule has 2 aliphatic rings. The van der Waals surface area contributed by atoms with Gasteiger partial charge in [-0.2, -0.15) is 0 Å². The number of anilines is 1. The minimum atomic E-state index is -0.375. The minimum absolute atomic E-state index is 0.0487. The number of methoxy groups -OCH3 is 1. The molecule has 1 unspecified atom stereocenters. The first kappa shape index (κ1) is 22.2. The van der Waals surface area contributed by atoms with E-state index < -0.39 is 0 Å². The highest BCUT2D eigenvalue weighted by atomic mass is 16.5. The zero-order chi connectivity index (χ0) is 22.7. The molecule has 1 aromatic heterocycles. The van der Waals surface area contributed by atoms with Gasteiger partial charge in [-0.25, -0.2) is 9.97 Å². The molecule has 170 valence electrons. The van der Waals surface area contributed by atoms with Crippen molar-refractivity contribution in [3.8, 4) is 5.75 Å². The molecule has 1 aromatic carbocycles. The lowest BCUT2D eigenvalue weighted by Gasteiger charge is -2.30. The predicted octanol–water partition coefficient (Wildman–Crippen LogP) is 2.45. The van der Waals surface area contributed by atoms with Crippen molar-refractivity contribution in [2.45, 2.75) is 51.7 Å². The van der Waals surface area contributed by atoms with Crippen LogP contribution in [0.15, 0.2) is 24.3 Å². The Labute approximate surface area is 188 Å². The molecular weight excluding hydrogens is 408 g/mol. The summed E-state index contributed by atoms with van der Waals surface area (Å²) in [5.41, 5.74) is 2.96. The average Bonchev–Trinajstić information content (AvgIpc) is 3.33. The molecule has 0 bridgehead atoms. The lowest BCUT2D eigenvalue weighted by atomic mass is 10.0. The Morgan fingerprint density at radius 1 is 1.31 bits per heavy atom. The third kappa shape index (κ3) is 4.75. The number of hydrogen-bond donors (Lipinski definition) is 0. The number of aryl methyl sites for hydroxylation is 1. The highest BCUT2D eigenvalue weighted by Gasteiger charge is 2.30. The Morgan fingerprint density at radius 2 is 2.16 bits per heavy atom. The number of carbonyl (C=O) groups excluding carboxylic acids is 2. The van der Waals surface area contributed by atoms with Gasteiger partial charge in [-0.3, -0.25) is 14.5 Å². The maximum absolute atomic E-state index is 12.8. The second-order valence-corrected chi connectivity index (χ2v) is 8.37. The first-order chi connectivity index (χ1) is 15.5. The highest BCUT2D eigenvalue weighted by molar-refractivity contribution is 5.95. The average molecular weight is 439 g/mol. The quantitative estimate of drug-likeness (QED) is 0.660. The Hall–Kier alpha value is -3.00. The zero-order valence-corrected chi connectivity index (χ0v) is 19.0. The van der Waals surface area contributed by atoms with E-state index in [0.29, 0.717) is 44.1 Å². The Balaban J connectivity index is 1.53. The molecule has 2 aliphatic heterocycles. The lowest BCUT2D eigenvalue weighted by molar-refractivity contribution is -0.140. The van der Waals surface area contributed by atoms with E-state index in [-0.39, 0.29) is 24.5 Å². The van der Waals surface area contributed by atoms with Gasteiger partial charge in [0.2, 0.25) is 5.91 Å². The molecule has 32 heavy (non-hydrogen) atoms. The number of benzene rings is 1. The van der Waals surface area contributed by atoms with Crippen LogP contribution in [-0.4, -0.2) is 60.1 Å². The van der Waals surface area contributed by atoms with E-state index in [4.69, 9.17) is 14.5 Å². The molecule has 0 radical (unpaired) electrons. The molecule has 8 nitrogen and oxygen atoms in total. The van der Waals surface area contributed by atoms with Crippen LogP contribution in [0.4, 0.5) is 5.82 Å². The summed E-state index contributed by atoms with van der Waals surface area (Å²) in [5, 5.41) is 0. The third-order valence-electron chi connectivity index (χ3n) is 6.10. The van der Waals surface area contributed by atoms with Gasteiger partial charge in [0, 0.05) is 37.9 Å². The molecule has 4 rings (SSSR count). The van der Waals surface area contributed by atoms with Crippen LogP contribution in [0.1, 0.15) is 41.9 Å². The molecule has 8 heteroatoms. The molecular formula is C24H30N4O4. The van der Waals surface area contributed by atoms with Crippen molar-refractivity contribution in [3.63, 3.8) is 0 Å². The van der Waals surface area contributed by atoms with Crippen LogP contribution in [0.5, 0.6) is 5.75 Å². The monoisotopic (exact) mass is 438 g/mol. The maximum Gasteiger partial charge on any atom is 0.251 e. The molecule has 1 fully saturated rings. The van der Waals surface area contributed by atoms with Gasteiger partial charge in [0.25, 0.3) is 5.91 Å². The molecule has 2 amide bonds. The fourth-order valence-corrected chi connectivity index (χ4v) is 4.32. The van der Waals surface area contributed by atoms with Crippen molar-refractivity contribution >= 4 is 17.6 Å². The van der Waals surface area contributed by atoms with Gasteiger partial charge in [-0.05, 0) is 50.3 Å². The summed E-state index contributed by atoms with van der Waals surface area (Å²) in [6.07, 6.45) is 3.06. The molecule has 0 N–H and O–H groups in total. The Morgan fingerprint density at radius 3 is 2.91 bits per heavy atom. The maximum atomic E-state index is 12.8. The number of aromatic nitrogens is 2. The molecule has 0 spiro atoms. The first-order valence-electron chi connectivity index (χ1n) is 11.1. The van der Waals surface area contributed by atoms with Gasteiger partial charge >= 0.3 is 0 Å². The van der Waals surface area contributed by atoms with Crippen LogP contribution in [0.2, 0.25) is 0 Å². The summed E-state index contributed by atoms with van der Waals surface area (Å²) >= 11 is 0. The van der Waals surface area contributed by atoms with E-state index in [2.05, 4.69) is 4.98 Å². The second-order valence-electron chi connectivity index (χ2n) is 8.37. The number of ether oxygens (including phenoxy) is 2. The molecule has 0 saturated carbocycles. The van der Waals surface area contributed by atoms with Crippen molar-refractivity contribution in [2.24, 2.45) is 0 Å². The van der Waals surface area contributed by atoms with Crippen LogP contribution < -0.4 is 9.64 Å². The van der Waals surface area contributed by atoms with Gasteiger partial charge in [0.15, 0.2) is 0 Å². The van der Waals surface area contributed by atoms with Gasteiger partial charge in [0.05, 0.1) is 13.7 Å². The zero-order valence-electron chi connectivity index (χ0n) is 19.0. The van der Waals surface area contributed by atoms with Crippen molar-refractivity contribution in [1.82, 2.24) is 14.9 Å². The minimum Gasteiger partial charge on any atom is -0.497 e. The summed E-state index contributed by atoms with van der Waals surface area (Å²) in [6.45, 7) is 3.38. The molecule has 2 aromatic rings. The van der Waals surface area contributed by atoms with Gasteiger partial charge in [-0.1, -0.05) is 12.1 Å². The standard InChI is InChI=1S/C24H30N4O4/c1-16-19-9-10-22(29)28(12-11-17-6-4-7-18(14-17)31-3)23(19)26-21(25-16)15-27(2)24(30)20-8-5-13-32-20/h4,6-7,14,20H,5,8-13,15H2,1-3H3. The number of fused-ring (bicyclic) bond motifs is 1. The van der Waals surface area contributed by atoms with Crippen molar-refractivity contribution < 1.29 is 19.1 Å². The highest BCUT2D eigenvalue weighted by Crippen LogP contribution is 2.29. The normalized spacial score (nSPS) is 17.9. The molecule has 1 atom stereocenters. The third-order valence-corrected chi connectivity index (χ3v) is 6.10. The van der Waals surface area contributed by atoms with Crippen molar-refractivity contribution in [2.75, 3.05) is 32.2 Å². The summed E-state index contributed by atoms with van der Waals surface area (Å²) in [4.78, 5) is 38.2. The largest absolute Gasteiger partial charge is 0.497 e. The van der Waals surface area contributed by atoms with Crippen LogP contribution in [0.25, 0.3) is 0 Å². The van der Waals surface area contributed by atoms with E-state index in [1.54, 1.807) is 24.0 Å². The van der Waals surface area contributed by atoms with Crippen LogP contribution >= 0.6 is 0 Å². The fourth-order valence-electron chi connectivity index (χ4n) is 4.32. The number of carbonyl (C=O) groups is 2. The Bertz CT molecular complexity index is 1000. The van der Waals surface area contributed by atoms with Crippen LogP contribution in [0, 0.1) is 6.92 Å². The topological polar surface area (TPSA) is 84.9 Å². The molecule has 3 heterocycles. The SMILES string of the molecule is COc1cccc(CCN2C(=O)CCc3c(C)nc(CN(C)C(=O)C4CCCO4)nc32)c1. The predicted molar refractivity (Wildman–Crippen MR) is 120 cm³/mol. The van der Waals surface area contributed by atoms with Crippen LogP contribution in [0.3, 0.4) is 0 Å². The Kier molecular flexibility index (Phi) is 6.69. The number of nitrogens with zero attached hydrogens (tertiary/aromatic N) is 4. The van der Waals surface area contributed by atoms with Crippen molar-refractivity contribution in [3.05, 3.63) is 46.9 Å². The number of hydrogen-bond acceptors (Lipinski definition) is 6. The van der Waals surface area contributed by atoms with Gasteiger partial charge in [0.1, 0.15) is 23.5 Å². The van der Waals surface area contributed by atoms with Crippen LogP contribution in [-0.2, 0) is 33.7 Å². The number of likely N-dealkylation sites (N-methyl/N-ethyl adjacent to an activating group) is 1. The van der Waals surface area contributed by atoms with E-state index in [1.165, 1.54) is 0 Å². The van der Waals surface area contributed by atoms with Crippen molar-refractivity contribution in [1.29, 1.82) is 0 Å². The smallest absolute Gasteiger partial charge is 0.251 e. The number of amides is 2. The van der Waals surface area contributed by atoms with E-state index >= 15 is 0 Å². The summed E-state index contributed by atoms with van der Waals surface area (Å²) < 4.78 is 10.8. The van der Waals surface area contributed by atoms with E-state index in [1.807, 2.05) is 31.2 Å². The first-order valence-corrected chi connectivity index (χ1v) is 11.1. The van der Waals surface area contributed by atoms with Gasteiger partial charge < -0.3 is 14.4 Å². The molecule has 0 aliphatic carbocycles. The van der Waals surface area contributed by atoms with E-state index in [0.717, 1.165) is 35.4 Å². The second kappa shape index (κ2) is 9.65. The molecule has 1 saturated heterocycles. The fraction of sp³-hybridized carbons (Fsp3) is 0.500.